The molecule has 2 saturated heterocycles. The molecule has 0 amide bonds. The number of piperidine rings is 1. The van der Waals surface area contributed by atoms with Crippen molar-refractivity contribution in [3.05, 3.63) is 34.9 Å². The fraction of sp³-hybridized carbons (Fsp3) is 0.474. The number of nitriles is 1. The van der Waals surface area contributed by atoms with Crippen LogP contribution >= 0.6 is 23.4 Å². The molecule has 0 radical (unpaired) electrons. The molecule has 146 valence electrons. The van der Waals surface area contributed by atoms with Crippen LogP contribution in [-0.4, -0.2) is 46.4 Å². The Hall–Kier alpha value is -1.92. The van der Waals surface area contributed by atoms with Gasteiger partial charge in [0.2, 0.25) is 0 Å². The molecule has 0 unspecified atom stereocenters. The third-order valence-corrected chi connectivity index (χ3v) is 6.89. The summed E-state index contributed by atoms with van der Waals surface area (Å²) in [4.78, 5) is 16.0. The average Bonchev–Trinajstić information content (AvgIpc) is 3.18. The lowest BCUT2D eigenvalue weighted by Gasteiger charge is -2.39. The first-order chi connectivity index (χ1) is 13.6. The molecule has 0 bridgehead atoms. The quantitative estimate of drug-likeness (QED) is 0.810. The highest BCUT2D eigenvalue weighted by Crippen LogP contribution is 2.40. The number of rotatable bonds is 4. The summed E-state index contributed by atoms with van der Waals surface area (Å²) < 4.78 is 5.60. The summed E-state index contributed by atoms with van der Waals surface area (Å²) >= 11 is 7.52. The fourth-order valence-electron chi connectivity index (χ4n) is 3.75. The first kappa shape index (κ1) is 19.4. The number of halogens is 1. The normalized spacial score (nSPS) is 18.4. The van der Waals surface area contributed by atoms with E-state index >= 15 is 0 Å². The van der Waals surface area contributed by atoms with Crippen LogP contribution in [0.15, 0.2) is 28.4 Å². The maximum absolute atomic E-state index is 9.84. The molecule has 9 heteroatoms. The predicted octanol–water partition coefficient (Wildman–Crippen LogP) is 3.05. The number of aliphatic hydroxyl groups is 1. The fourth-order valence-corrected chi connectivity index (χ4v) is 4.83. The lowest BCUT2D eigenvalue weighted by molar-refractivity contribution is 0.133. The van der Waals surface area contributed by atoms with Crippen molar-refractivity contribution >= 4 is 29.2 Å². The monoisotopic (exact) mass is 417 g/mol. The van der Waals surface area contributed by atoms with Crippen LogP contribution in [0.5, 0.6) is 0 Å². The molecular weight excluding hydrogens is 398 g/mol. The van der Waals surface area contributed by atoms with Gasteiger partial charge in [-0.25, -0.2) is 15.0 Å². The lowest BCUT2D eigenvalue weighted by Crippen LogP contribution is -2.41. The molecule has 0 aromatic carbocycles. The Morgan fingerprint density at radius 3 is 2.82 bits per heavy atom. The standard InChI is InChI=1S/C19H20ClN5O2S/c20-17-13(9-21)22-5-1-15(17)28-16-10-23-18(14(11-26)24-16)25-6-2-19(3-7-25)4-8-27-12-19/h1,5,10,26H,2-4,6-8,11-12H2. The second kappa shape index (κ2) is 8.21. The van der Waals surface area contributed by atoms with Gasteiger partial charge in [0, 0.05) is 30.8 Å². The van der Waals surface area contributed by atoms with E-state index in [-0.39, 0.29) is 12.3 Å². The van der Waals surface area contributed by atoms with Gasteiger partial charge in [0.05, 0.1) is 24.4 Å². The highest BCUT2D eigenvalue weighted by molar-refractivity contribution is 7.99. The number of aliphatic hydroxyl groups excluding tert-OH is 1. The van der Waals surface area contributed by atoms with E-state index in [0.717, 1.165) is 51.4 Å². The van der Waals surface area contributed by atoms with Gasteiger partial charge in [0.1, 0.15) is 16.8 Å². The van der Waals surface area contributed by atoms with Gasteiger partial charge in [-0.15, -0.1) is 0 Å². The van der Waals surface area contributed by atoms with Gasteiger partial charge >= 0.3 is 0 Å². The van der Waals surface area contributed by atoms with Gasteiger partial charge in [-0.05, 0) is 30.7 Å². The molecule has 4 rings (SSSR count). The zero-order valence-electron chi connectivity index (χ0n) is 15.3. The van der Waals surface area contributed by atoms with Crippen molar-refractivity contribution < 1.29 is 9.84 Å². The molecule has 0 aliphatic carbocycles. The Kier molecular flexibility index (Phi) is 5.69. The van der Waals surface area contributed by atoms with E-state index in [9.17, 15) is 5.11 Å². The van der Waals surface area contributed by atoms with Crippen LogP contribution in [0.25, 0.3) is 0 Å². The summed E-state index contributed by atoms with van der Waals surface area (Å²) in [5, 5.41) is 19.8. The average molecular weight is 418 g/mol. The van der Waals surface area contributed by atoms with Crippen molar-refractivity contribution in [1.82, 2.24) is 15.0 Å². The van der Waals surface area contributed by atoms with Gasteiger partial charge < -0.3 is 14.7 Å². The molecule has 7 nitrogen and oxygen atoms in total. The van der Waals surface area contributed by atoms with E-state index in [1.54, 1.807) is 12.3 Å². The van der Waals surface area contributed by atoms with Gasteiger partial charge in [-0.2, -0.15) is 5.26 Å². The lowest BCUT2D eigenvalue weighted by atomic mass is 9.78. The van der Waals surface area contributed by atoms with Crippen LogP contribution in [0.2, 0.25) is 5.02 Å². The number of anilines is 1. The molecule has 2 aliphatic rings. The molecule has 2 fully saturated rings. The number of hydrogen-bond acceptors (Lipinski definition) is 8. The number of pyridine rings is 1. The third kappa shape index (κ3) is 3.80. The summed E-state index contributed by atoms with van der Waals surface area (Å²) in [6.07, 6.45) is 6.49. The van der Waals surface area contributed by atoms with Crippen LogP contribution in [-0.2, 0) is 11.3 Å². The van der Waals surface area contributed by atoms with Crippen molar-refractivity contribution in [1.29, 1.82) is 5.26 Å². The zero-order valence-corrected chi connectivity index (χ0v) is 16.8. The molecule has 1 N–H and O–H groups in total. The van der Waals surface area contributed by atoms with Crippen LogP contribution in [0.4, 0.5) is 5.82 Å². The molecular formula is C19H20ClN5O2S. The number of hydrogen-bond donors (Lipinski definition) is 1. The van der Waals surface area contributed by atoms with Crippen molar-refractivity contribution in [3.8, 4) is 6.07 Å². The topological polar surface area (TPSA) is 95.2 Å². The molecule has 2 aromatic heterocycles. The van der Waals surface area contributed by atoms with Gasteiger partial charge in [-0.1, -0.05) is 23.4 Å². The maximum Gasteiger partial charge on any atom is 0.160 e. The largest absolute Gasteiger partial charge is 0.390 e. The molecule has 0 atom stereocenters. The van der Waals surface area contributed by atoms with Crippen LogP contribution in [0.1, 0.15) is 30.7 Å². The third-order valence-electron chi connectivity index (χ3n) is 5.43. The Morgan fingerprint density at radius 2 is 2.14 bits per heavy atom. The minimum Gasteiger partial charge on any atom is -0.390 e. The molecule has 2 aromatic rings. The number of ether oxygens (including phenoxy) is 1. The van der Waals surface area contributed by atoms with Crippen LogP contribution < -0.4 is 4.90 Å². The Morgan fingerprint density at radius 1 is 1.32 bits per heavy atom. The highest BCUT2D eigenvalue weighted by Gasteiger charge is 2.38. The Labute approximate surface area is 172 Å². The molecule has 28 heavy (non-hydrogen) atoms. The minimum atomic E-state index is -0.186. The van der Waals surface area contributed by atoms with Crippen LogP contribution in [0, 0.1) is 16.7 Å². The highest BCUT2D eigenvalue weighted by atomic mass is 35.5. The van der Waals surface area contributed by atoms with Crippen LogP contribution in [0.3, 0.4) is 0 Å². The van der Waals surface area contributed by atoms with Crippen molar-refractivity contribution in [2.75, 3.05) is 31.2 Å². The smallest absolute Gasteiger partial charge is 0.160 e. The molecule has 1 spiro atoms. The van der Waals surface area contributed by atoms with E-state index < -0.39 is 0 Å². The predicted molar refractivity (Wildman–Crippen MR) is 105 cm³/mol. The Balaban J connectivity index is 1.52. The van der Waals surface area contributed by atoms with Crippen molar-refractivity contribution in [3.63, 3.8) is 0 Å². The zero-order chi connectivity index (χ0) is 19.6. The summed E-state index contributed by atoms with van der Waals surface area (Å²) in [6, 6.07) is 3.70. The second-order valence-corrected chi connectivity index (χ2v) is 8.55. The summed E-state index contributed by atoms with van der Waals surface area (Å²) in [6.45, 7) is 3.30. The summed E-state index contributed by atoms with van der Waals surface area (Å²) in [5.41, 5.74) is 1.04. The van der Waals surface area contributed by atoms with Gasteiger partial charge in [0.15, 0.2) is 11.5 Å². The van der Waals surface area contributed by atoms with E-state index in [0.29, 0.717) is 26.1 Å². The maximum atomic E-state index is 9.84. The SMILES string of the molecule is N#Cc1nccc(Sc2cnc(N3CCC4(CCOC4)CC3)c(CO)n2)c1Cl. The van der Waals surface area contributed by atoms with Gasteiger partial charge in [-0.3, -0.25) is 0 Å². The summed E-state index contributed by atoms with van der Waals surface area (Å²) in [7, 11) is 0. The van der Waals surface area contributed by atoms with Crippen molar-refractivity contribution in [2.45, 2.75) is 35.8 Å². The van der Waals surface area contributed by atoms with Crippen molar-refractivity contribution in [2.24, 2.45) is 5.41 Å². The van der Waals surface area contributed by atoms with E-state index in [2.05, 4.69) is 19.9 Å². The van der Waals surface area contributed by atoms with Gasteiger partial charge in [0.25, 0.3) is 0 Å². The minimum absolute atomic E-state index is 0.178. The second-order valence-electron chi connectivity index (χ2n) is 7.11. The van der Waals surface area contributed by atoms with E-state index in [1.807, 2.05) is 6.07 Å². The van der Waals surface area contributed by atoms with E-state index in [4.69, 9.17) is 21.6 Å². The first-order valence-corrected chi connectivity index (χ1v) is 10.4. The molecule has 0 saturated carbocycles. The molecule has 4 heterocycles. The Bertz CT molecular complexity index is 904. The first-order valence-electron chi connectivity index (χ1n) is 9.16. The number of aromatic nitrogens is 3. The number of nitrogens with zero attached hydrogens (tertiary/aromatic N) is 5. The molecule has 2 aliphatic heterocycles. The summed E-state index contributed by atoms with van der Waals surface area (Å²) in [5.74, 6) is 0.735. The van der Waals surface area contributed by atoms with E-state index in [1.165, 1.54) is 18.0 Å².